The Morgan fingerprint density at radius 1 is 1.40 bits per heavy atom. The van der Waals surface area contributed by atoms with Gasteiger partial charge in [-0.2, -0.15) is 0 Å². The van der Waals surface area contributed by atoms with Crippen LogP contribution in [0.3, 0.4) is 0 Å². The Labute approximate surface area is 126 Å². The van der Waals surface area contributed by atoms with Crippen LogP contribution < -0.4 is 10.6 Å². The number of fused-ring (bicyclic) bond motifs is 1. The molecule has 2 aliphatic rings. The SMILES string of the molecule is CN1CCC(Nc2cccc3c2CNCC3)CC1=O.Cl. The first-order valence-corrected chi connectivity index (χ1v) is 7.06. The van der Waals surface area contributed by atoms with E-state index in [-0.39, 0.29) is 24.4 Å². The summed E-state index contributed by atoms with van der Waals surface area (Å²) in [6, 6.07) is 6.73. The van der Waals surface area contributed by atoms with E-state index in [1.165, 1.54) is 16.8 Å². The van der Waals surface area contributed by atoms with E-state index in [1.807, 2.05) is 11.9 Å². The molecular weight excluding hydrogens is 274 g/mol. The van der Waals surface area contributed by atoms with Crippen molar-refractivity contribution in [3.05, 3.63) is 29.3 Å². The first-order valence-electron chi connectivity index (χ1n) is 7.06. The average molecular weight is 296 g/mol. The Balaban J connectivity index is 0.00000147. The molecule has 0 aliphatic carbocycles. The maximum absolute atomic E-state index is 11.8. The Morgan fingerprint density at radius 3 is 3.05 bits per heavy atom. The molecule has 2 heterocycles. The Bertz CT molecular complexity index is 492. The average Bonchev–Trinajstić information content (AvgIpc) is 2.43. The molecular formula is C15H22ClN3O. The molecule has 1 aromatic rings. The van der Waals surface area contributed by atoms with Gasteiger partial charge in [-0.1, -0.05) is 12.1 Å². The van der Waals surface area contributed by atoms with Gasteiger partial charge in [0.05, 0.1) is 0 Å². The first-order chi connectivity index (χ1) is 9.24. The maximum Gasteiger partial charge on any atom is 0.224 e. The van der Waals surface area contributed by atoms with Crippen molar-refractivity contribution in [2.45, 2.75) is 31.8 Å². The summed E-state index contributed by atoms with van der Waals surface area (Å²) in [5.74, 6) is 0.242. The van der Waals surface area contributed by atoms with Crippen LogP contribution in [0.2, 0.25) is 0 Å². The van der Waals surface area contributed by atoms with Crippen molar-refractivity contribution in [1.82, 2.24) is 10.2 Å². The molecule has 2 N–H and O–H groups in total. The third-order valence-corrected chi connectivity index (χ3v) is 4.17. The van der Waals surface area contributed by atoms with Gasteiger partial charge in [0.1, 0.15) is 0 Å². The molecule has 0 radical (unpaired) electrons. The van der Waals surface area contributed by atoms with Crippen LogP contribution in [0.25, 0.3) is 0 Å². The summed E-state index contributed by atoms with van der Waals surface area (Å²) in [4.78, 5) is 13.6. The van der Waals surface area contributed by atoms with Crippen molar-refractivity contribution in [2.75, 3.05) is 25.5 Å². The molecule has 1 amide bonds. The van der Waals surface area contributed by atoms with Gasteiger partial charge in [0.25, 0.3) is 0 Å². The van der Waals surface area contributed by atoms with Gasteiger partial charge < -0.3 is 15.5 Å². The fraction of sp³-hybridized carbons (Fsp3) is 0.533. The lowest BCUT2D eigenvalue weighted by Crippen LogP contribution is -2.41. The van der Waals surface area contributed by atoms with Crippen molar-refractivity contribution in [2.24, 2.45) is 0 Å². The molecule has 1 atom stereocenters. The highest BCUT2D eigenvalue weighted by Gasteiger charge is 2.24. The number of rotatable bonds is 2. The minimum Gasteiger partial charge on any atom is -0.381 e. The molecule has 0 saturated carbocycles. The zero-order chi connectivity index (χ0) is 13.2. The molecule has 0 spiro atoms. The van der Waals surface area contributed by atoms with E-state index in [4.69, 9.17) is 0 Å². The Kier molecular flexibility index (Phi) is 4.89. The van der Waals surface area contributed by atoms with E-state index in [0.29, 0.717) is 6.42 Å². The van der Waals surface area contributed by atoms with Crippen LogP contribution in [0, 0.1) is 0 Å². The lowest BCUT2D eigenvalue weighted by Gasteiger charge is -2.31. The van der Waals surface area contributed by atoms with Gasteiger partial charge in [-0.25, -0.2) is 0 Å². The van der Waals surface area contributed by atoms with E-state index in [9.17, 15) is 4.79 Å². The molecule has 110 valence electrons. The number of halogens is 1. The standard InChI is InChI=1S/C15H21N3O.ClH/c1-18-8-6-12(9-15(18)19)17-14-4-2-3-11-5-7-16-10-13(11)14;/h2-4,12,16-17H,5-10H2,1H3;1H. The molecule has 20 heavy (non-hydrogen) atoms. The summed E-state index contributed by atoms with van der Waals surface area (Å²) >= 11 is 0. The minimum atomic E-state index is 0. The van der Waals surface area contributed by atoms with Crippen LogP contribution in [0.1, 0.15) is 24.0 Å². The smallest absolute Gasteiger partial charge is 0.224 e. The second-order valence-electron chi connectivity index (χ2n) is 5.52. The number of carbonyl (C=O) groups excluding carboxylic acids is 1. The monoisotopic (exact) mass is 295 g/mol. The highest BCUT2D eigenvalue weighted by atomic mass is 35.5. The van der Waals surface area contributed by atoms with Crippen molar-refractivity contribution in [3.63, 3.8) is 0 Å². The number of nitrogens with zero attached hydrogens (tertiary/aromatic N) is 1. The summed E-state index contributed by atoms with van der Waals surface area (Å²) in [7, 11) is 1.88. The molecule has 1 saturated heterocycles. The molecule has 1 fully saturated rings. The predicted molar refractivity (Wildman–Crippen MR) is 83.4 cm³/mol. The van der Waals surface area contributed by atoms with Crippen LogP contribution in [0.5, 0.6) is 0 Å². The number of anilines is 1. The van der Waals surface area contributed by atoms with Gasteiger partial charge in [-0.05, 0) is 36.6 Å². The highest BCUT2D eigenvalue weighted by Crippen LogP contribution is 2.25. The number of amides is 1. The number of carbonyl (C=O) groups is 1. The van der Waals surface area contributed by atoms with E-state index in [1.54, 1.807) is 0 Å². The van der Waals surface area contributed by atoms with Gasteiger partial charge in [0.2, 0.25) is 5.91 Å². The molecule has 5 heteroatoms. The van der Waals surface area contributed by atoms with E-state index in [2.05, 4.69) is 28.8 Å². The number of nitrogens with one attached hydrogen (secondary N) is 2. The maximum atomic E-state index is 11.8. The molecule has 3 rings (SSSR count). The second-order valence-corrected chi connectivity index (χ2v) is 5.52. The molecule has 4 nitrogen and oxygen atoms in total. The van der Waals surface area contributed by atoms with Gasteiger partial charge in [0.15, 0.2) is 0 Å². The van der Waals surface area contributed by atoms with Crippen LogP contribution in [-0.2, 0) is 17.8 Å². The van der Waals surface area contributed by atoms with E-state index in [0.717, 1.165) is 32.5 Å². The van der Waals surface area contributed by atoms with Crippen molar-refractivity contribution in [1.29, 1.82) is 0 Å². The summed E-state index contributed by atoms with van der Waals surface area (Å²) in [6.07, 6.45) is 2.73. The van der Waals surface area contributed by atoms with Crippen molar-refractivity contribution < 1.29 is 4.79 Å². The van der Waals surface area contributed by atoms with Crippen LogP contribution >= 0.6 is 12.4 Å². The third-order valence-electron chi connectivity index (χ3n) is 4.17. The van der Waals surface area contributed by atoms with E-state index >= 15 is 0 Å². The van der Waals surface area contributed by atoms with Gasteiger partial charge in [-0.3, -0.25) is 4.79 Å². The first kappa shape index (κ1) is 15.1. The quantitative estimate of drug-likeness (QED) is 0.874. The van der Waals surface area contributed by atoms with Gasteiger partial charge >= 0.3 is 0 Å². The van der Waals surface area contributed by atoms with Crippen LogP contribution in [0.4, 0.5) is 5.69 Å². The highest BCUT2D eigenvalue weighted by molar-refractivity contribution is 5.85. The van der Waals surface area contributed by atoms with Crippen LogP contribution in [-0.4, -0.2) is 37.0 Å². The third kappa shape index (κ3) is 3.07. The summed E-state index contributed by atoms with van der Waals surface area (Å²) in [6.45, 7) is 2.84. The molecule has 2 aliphatic heterocycles. The molecule has 1 aromatic carbocycles. The predicted octanol–water partition coefficient (Wildman–Crippen LogP) is 1.79. The number of benzene rings is 1. The van der Waals surface area contributed by atoms with Crippen molar-refractivity contribution in [3.8, 4) is 0 Å². The second kappa shape index (κ2) is 6.46. The summed E-state index contributed by atoms with van der Waals surface area (Å²) < 4.78 is 0. The minimum absolute atomic E-state index is 0. The molecule has 0 aromatic heterocycles. The molecule has 0 bridgehead atoms. The van der Waals surface area contributed by atoms with Crippen LogP contribution in [0.15, 0.2) is 18.2 Å². The normalized spacial score (nSPS) is 21.9. The van der Waals surface area contributed by atoms with Gasteiger partial charge in [-0.15, -0.1) is 12.4 Å². The van der Waals surface area contributed by atoms with Gasteiger partial charge in [0, 0.05) is 38.3 Å². The number of hydrogen-bond acceptors (Lipinski definition) is 3. The van der Waals surface area contributed by atoms with Crippen molar-refractivity contribution >= 4 is 24.0 Å². The summed E-state index contributed by atoms with van der Waals surface area (Å²) in [5, 5.41) is 6.99. The Hall–Kier alpha value is -1.26. The fourth-order valence-corrected chi connectivity index (χ4v) is 2.94. The van der Waals surface area contributed by atoms with E-state index < -0.39 is 0 Å². The topological polar surface area (TPSA) is 44.4 Å². The number of hydrogen-bond donors (Lipinski definition) is 2. The number of likely N-dealkylation sites (tertiary alicyclic amines) is 1. The fourth-order valence-electron chi connectivity index (χ4n) is 2.94. The zero-order valence-corrected chi connectivity index (χ0v) is 12.6. The Morgan fingerprint density at radius 2 is 2.25 bits per heavy atom. The summed E-state index contributed by atoms with van der Waals surface area (Å²) in [5.41, 5.74) is 4.01. The number of piperidine rings is 1. The zero-order valence-electron chi connectivity index (χ0n) is 11.8. The lowest BCUT2D eigenvalue weighted by molar-refractivity contribution is -0.132. The largest absolute Gasteiger partial charge is 0.381 e. The lowest BCUT2D eigenvalue weighted by atomic mass is 9.97. The molecule has 1 unspecified atom stereocenters.